The Hall–Kier alpha value is -1.44. The number of ether oxygens (including phenoxy) is 1. The summed E-state index contributed by atoms with van der Waals surface area (Å²) in [5.41, 5.74) is 5.31. The van der Waals surface area contributed by atoms with E-state index in [0.717, 1.165) is 18.6 Å². The summed E-state index contributed by atoms with van der Waals surface area (Å²) in [5.74, 6) is 0.696. The molecule has 2 fully saturated rings. The van der Waals surface area contributed by atoms with Crippen molar-refractivity contribution >= 4 is 29.7 Å². The highest BCUT2D eigenvalue weighted by molar-refractivity contribution is 7.99. The van der Waals surface area contributed by atoms with Gasteiger partial charge in [-0.1, -0.05) is 0 Å². The first-order valence-corrected chi connectivity index (χ1v) is 8.79. The lowest BCUT2D eigenvalue weighted by Gasteiger charge is -2.38. The molecule has 0 saturated carbocycles. The minimum Gasteiger partial charge on any atom is -0.464 e. The van der Waals surface area contributed by atoms with Crippen LogP contribution in [0.3, 0.4) is 0 Å². The maximum Gasteiger partial charge on any atom is 0.329 e. The quantitative estimate of drug-likeness (QED) is 0.751. The summed E-state index contributed by atoms with van der Waals surface area (Å²) >= 11 is 1.65. The second kappa shape index (κ2) is 7.71. The van der Waals surface area contributed by atoms with Gasteiger partial charge in [-0.2, -0.15) is 11.8 Å². The lowest BCUT2D eigenvalue weighted by Crippen LogP contribution is -2.55. The van der Waals surface area contributed by atoms with Crippen LogP contribution in [0.1, 0.15) is 19.8 Å². The van der Waals surface area contributed by atoms with Crippen LogP contribution in [0, 0.1) is 5.92 Å². The molecule has 2 heterocycles. The Morgan fingerprint density at radius 2 is 2.09 bits per heavy atom. The minimum atomic E-state index is -0.518. The van der Waals surface area contributed by atoms with E-state index < -0.39 is 12.1 Å². The smallest absolute Gasteiger partial charge is 0.329 e. The molecule has 7 nitrogen and oxygen atoms in total. The van der Waals surface area contributed by atoms with Gasteiger partial charge in [0.15, 0.2) is 0 Å². The van der Waals surface area contributed by atoms with E-state index in [-0.39, 0.29) is 17.8 Å². The second-order valence-corrected chi connectivity index (χ2v) is 6.65. The van der Waals surface area contributed by atoms with Crippen molar-refractivity contribution in [3.05, 3.63) is 0 Å². The predicted molar refractivity (Wildman–Crippen MR) is 83.3 cm³/mol. The monoisotopic (exact) mass is 329 g/mol. The van der Waals surface area contributed by atoms with Crippen LogP contribution in [0.15, 0.2) is 0 Å². The number of rotatable bonds is 3. The Bertz CT molecular complexity index is 446. The van der Waals surface area contributed by atoms with Crippen LogP contribution in [0.2, 0.25) is 0 Å². The molecule has 0 spiro atoms. The first-order valence-electron chi connectivity index (χ1n) is 7.63. The standard InChI is InChI=1S/C14H23N3O4S/c1-2-21-13(19)11-9-22-7-6-17(11)12(18)10-4-3-5-16(8-10)14(15)20/h10-11H,2-9H2,1H3,(H2,15,20)/t10-,11+/m1/s1. The van der Waals surface area contributed by atoms with E-state index in [9.17, 15) is 14.4 Å². The molecule has 22 heavy (non-hydrogen) atoms. The Balaban J connectivity index is 2.05. The molecular formula is C14H23N3O4S. The van der Waals surface area contributed by atoms with Gasteiger partial charge in [-0.05, 0) is 19.8 Å². The third kappa shape index (κ3) is 3.85. The van der Waals surface area contributed by atoms with Crippen molar-refractivity contribution in [2.24, 2.45) is 11.7 Å². The van der Waals surface area contributed by atoms with Crippen molar-refractivity contribution in [3.8, 4) is 0 Å². The Morgan fingerprint density at radius 1 is 1.32 bits per heavy atom. The number of likely N-dealkylation sites (tertiary alicyclic amines) is 1. The largest absolute Gasteiger partial charge is 0.464 e. The zero-order chi connectivity index (χ0) is 16.1. The molecule has 8 heteroatoms. The van der Waals surface area contributed by atoms with Crippen LogP contribution < -0.4 is 5.73 Å². The van der Waals surface area contributed by atoms with Gasteiger partial charge in [-0.3, -0.25) is 4.79 Å². The normalized spacial score (nSPS) is 25.7. The molecular weight excluding hydrogens is 306 g/mol. The lowest BCUT2D eigenvalue weighted by molar-refractivity contribution is -0.155. The molecule has 0 bridgehead atoms. The van der Waals surface area contributed by atoms with Crippen LogP contribution in [0.25, 0.3) is 0 Å². The molecule has 2 aliphatic rings. The molecule has 2 rings (SSSR count). The summed E-state index contributed by atoms with van der Waals surface area (Å²) in [4.78, 5) is 39.3. The number of thioether (sulfide) groups is 1. The Kier molecular flexibility index (Phi) is 5.93. The molecule has 0 aliphatic carbocycles. The maximum absolute atomic E-state index is 12.8. The van der Waals surface area contributed by atoms with Crippen LogP contribution in [0.4, 0.5) is 4.79 Å². The molecule has 2 saturated heterocycles. The maximum atomic E-state index is 12.8. The van der Waals surface area contributed by atoms with E-state index in [0.29, 0.717) is 32.0 Å². The van der Waals surface area contributed by atoms with Gasteiger partial charge in [0.2, 0.25) is 5.91 Å². The minimum absolute atomic E-state index is 0.0655. The van der Waals surface area contributed by atoms with Crippen LogP contribution in [0.5, 0.6) is 0 Å². The highest BCUT2D eigenvalue weighted by Crippen LogP contribution is 2.24. The van der Waals surface area contributed by atoms with Crippen molar-refractivity contribution in [2.45, 2.75) is 25.8 Å². The van der Waals surface area contributed by atoms with E-state index in [4.69, 9.17) is 10.5 Å². The topological polar surface area (TPSA) is 92.9 Å². The number of urea groups is 1. The molecule has 2 atom stereocenters. The van der Waals surface area contributed by atoms with Crippen molar-refractivity contribution in [2.75, 3.05) is 37.7 Å². The predicted octanol–water partition coefficient (Wildman–Crippen LogP) is 0.284. The number of nitrogens with zero attached hydrogens (tertiary/aromatic N) is 2. The molecule has 0 aromatic heterocycles. The molecule has 2 aliphatic heterocycles. The molecule has 2 N–H and O–H groups in total. The Labute approximate surface area is 134 Å². The number of hydrogen-bond acceptors (Lipinski definition) is 5. The van der Waals surface area contributed by atoms with Crippen LogP contribution in [-0.4, -0.2) is 71.5 Å². The average molecular weight is 329 g/mol. The average Bonchev–Trinajstić information content (AvgIpc) is 2.54. The first kappa shape index (κ1) is 16.9. The van der Waals surface area contributed by atoms with Gasteiger partial charge < -0.3 is 20.3 Å². The van der Waals surface area contributed by atoms with Crippen molar-refractivity contribution in [3.63, 3.8) is 0 Å². The number of amides is 3. The van der Waals surface area contributed by atoms with Crippen molar-refractivity contribution in [1.82, 2.24) is 9.80 Å². The van der Waals surface area contributed by atoms with E-state index in [1.54, 1.807) is 23.6 Å². The fourth-order valence-corrected chi connectivity index (χ4v) is 3.95. The third-order valence-electron chi connectivity index (χ3n) is 4.05. The summed E-state index contributed by atoms with van der Waals surface area (Å²) in [7, 11) is 0. The lowest BCUT2D eigenvalue weighted by atomic mass is 9.96. The fourth-order valence-electron chi connectivity index (χ4n) is 2.91. The summed E-state index contributed by atoms with van der Waals surface area (Å²) in [5, 5.41) is 0. The number of hydrogen-bond donors (Lipinski definition) is 1. The molecule has 3 amide bonds. The van der Waals surface area contributed by atoms with Gasteiger partial charge in [-0.15, -0.1) is 0 Å². The third-order valence-corrected chi connectivity index (χ3v) is 5.08. The van der Waals surface area contributed by atoms with Gasteiger partial charge in [0.05, 0.1) is 12.5 Å². The summed E-state index contributed by atoms with van der Waals surface area (Å²) < 4.78 is 5.08. The highest BCUT2D eigenvalue weighted by Gasteiger charge is 2.38. The van der Waals surface area contributed by atoms with Crippen molar-refractivity contribution in [1.29, 1.82) is 0 Å². The van der Waals surface area contributed by atoms with Gasteiger partial charge in [0, 0.05) is 31.1 Å². The van der Waals surface area contributed by atoms with Gasteiger partial charge in [0.25, 0.3) is 0 Å². The van der Waals surface area contributed by atoms with E-state index in [1.807, 2.05) is 0 Å². The number of carbonyl (C=O) groups excluding carboxylic acids is 3. The van der Waals surface area contributed by atoms with E-state index in [1.165, 1.54) is 4.90 Å². The SMILES string of the molecule is CCOC(=O)[C@@H]1CSCCN1C(=O)[C@@H]1CCCN(C(N)=O)C1. The number of nitrogens with two attached hydrogens (primary N) is 1. The summed E-state index contributed by atoms with van der Waals surface area (Å²) in [6, 6.07) is -1.01. The summed E-state index contributed by atoms with van der Waals surface area (Å²) in [6.45, 7) is 3.54. The van der Waals surface area contributed by atoms with Crippen LogP contribution in [-0.2, 0) is 14.3 Å². The molecule has 0 aromatic carbocycles. The zero-order valence-corrected chi connectivity index (χ0v) is 13.6. The number of esters is 1. The van der Waals surface area contributed by atoms with Crippen molar-refractivity contribution < 1.29 is 19.1 Å². The van der Waals surface area contributed by atoms with Crippen LogP contribution >= 0.6 is 11.8 Å². The molecule has 0 aromatic rings. The van der Waals surface area contributed by atoms with Gasteiger partial charge in [-0.25, -0.2) is 9.59 Å². The molecule has 0 radical (unpaired) electrons. The number of primary amides is 1. The van der Waals surface area contributed by atoms with Gasteiger partial charge in [0.1, 0.15) is 6.04 Å². The number of carbonyl (C=O) groups is 3. The first-order chi connectivity index (χ1) is 10.5. The molecule has 124 valence electrons. The summed E-state index contributed by atoms with van der Waals surface area (Å²) in [6.07, 6.45) is 1.48. The highest BCUT2D eigenvalue weighted by atomic mass is 32.2. The van der Waals surface area contributed by atoms with E-state index >= 15 is 0 Å². The number of piperidine rings is 1. The van der Waals surface area contributed by atoms with E-state index in [2.05, 4.69) is 0 Å². The van der Waals surface area contributed by atoms with Gasteiger partial charge >= 0.3 is 12.0 Å². The fraction of sp³-hybridized carbons (Fsp3) is 0.786. The zero-order valence-electron chi connectivity index (χ0n) is 12.8. The molecule has 0 unspecified atom stereocenters. The second-order valence-electron chi connectivity index (χ2n) is 5.50. The Morgan fingerprint density at radius 3 is 2.77 bits per heavy atom.